The van der Waals surface area contributed by atoms with E-state index in [9.17, 15) is 9.90 Å². The summed E-state index contributed by atoms with van der Waals surface area (Å²) >= 11 is 0. The van der Waals surface area contributed by atoms with E-state index in [1.165, 1.54) is 0 Å². The maximum Gasteiger partial charge on any atom is 0.254 e. The minimum atomic E-state index is -1.01. The first-order valence-electron chi connectivity index (χ1n) is 5.63. The summed E-state index contributed by atoms with van der Waals surface area (Å²) in [6, 6.07) is 0. The van der Waals surface area contributed by atoms with Crippen LogP contribution in [-0.4, -0.2) is 34.6 Å². The highest BCUT2D eigenvalue weighted by Crippen LogP contribution is 2.32. The second kappa shape index (κ2) is 3.54. The fraction of sp³-hybridized carbons (Fsp3) is 0.909. The molecule has 0 aromatic heterocycles. The third-order valence-corrected chi connectivity index (χ3v) is 3.54. The average Bonchev–Trinajstić information content (AvgIpc) is 2.74. The summed E-state index contributed by atoms with van der Waals surface area (Å²) in [5.41, 5.74) is -1.01. The predicted molar refractivity (Wildman–Crippen MR) is 53.8 cm³/mol. The van der Waals surface area contributed by atoms with E-state index in [-0.39, 0.29) is 5.91 Å². The topological polar surface area (TPSA) is 40.5 Å². The van der Waals surface area contributed by atoms with E-state index in [0.717, 1.165) is 32.4 Å². The van der Waals surface area contributed by atoms with Gasteiger partial charge in [-0.1, -0.05) is 6.92 Å². The molecule has 14 heavy (non-hydrogen) atoms. The Balaban J connectivity index is 2.00. The van der Waals surface area contributed by atoms with E-state index in [0.29, 0.717) is 18.8 Å². The number of carbonyl (C=O) groups is 1. The van der Waals surface area contributed by atoms with Crippen LogP contribution in [0, 0.1) is 5.92 Å². The molecule has 3 heteroatoms. The first-order valence-corrected chi connectivity index (χ1v) is 5.63. The van der Waals surface area contributed by atoms with E-state index in [4.69, 9.17) is 0 Å². The smallest absolute Gasteiger partial charge is 0.254 e. The zero-order chi connectivity index (χ0) is 10.2. The average molecular weight is 197 g/mol. The number of amides is 1. The van der Waals surface area contributed by atoms with Gasteiger partial charge in [-0.15, -0.1) is 0 Å². The van der Waals surface area contributed by atoms with Crippen molar-refractivity contribution in [2.75, 3.05) is 13.1 Å². The summed E-state index contributed by atoms with van der Waals surface area (Å²) in [4.78, 5) is 13.8. The van der Waals surface area contributed by atoms with Crippen LogP contribution in [0.2, 0.25) is 0 Å². The molecule has 0 bridgehead atoms. The molecule has 80 valence electrons. The summed E-state index contributed by atoms with van der Waals surface area (Å²) in [5, 5.41) is 10.1. The van der Waals surface area contributed by atoms with Gasteiger partial charge >= 0.3 is 0 Å². The normalized spacial score (nSPS) is 31.0. The van der Waals surface area contributed by atoms with Crippen LogP contribution >= 0.6 is 0 Å². The SMILES string of the molecule is C[C@H]1CCN(C(=O)C2(O)CCCC2)C1. The lowest BCUT2D eigenvalue weighted by molar-refractivity contribution is -0.149. The van der Waals surface area contributed by atoms with Gasteiger partial charge in [-0.3, -0.25) is 4.79 Å². The lowest BCUT2D eigenvalue weighted by Gasteiger charge is -2.27. The summed E-state index contributed by atoms with van der Waals surface area (Å²) in [7, 11) is 0. The second-order valence-electron chi connectivity index (χ2n) is 4.88. The molecule has 0 aromatic rings. The van der Waals surface area contributed by atoms with Crippen LogP contribution in [0.15, 0.2) is 0 Å². The zero-order valence-electron chi connectivity index (χ0n) is 8.83. The van der Waals surface area contributed by atoms with Crippen molar-refractivity contribution in [3.05, 3.63) is 0 Å². The molecule has 3 nitrogen and oxygen atoms in total. The number of carbonyl (C=O) groups excluding carboxylic acids is 1. The Morgan fingerprint density at radius 1 is 1.43 bits per heavy atom. The van der Waals surface area contributed by atoms with E-state index < -0.39 is 5.60 Å². The molecule has 0 spiro atoms. The van der Waals surface area contributed by atoms with Gasteiger partial charge in [0.15, 0.2) is 0 Å². The molecular weight excluding hydrogens is 178 g/mol. The molecule has 1 aliphatic carbocycles. The monoisotopic (exact) mass is 197 g/mol. The van der Waals surface area contributed by atoms with Crippen molar-refractivity contribution in [1.82, 2.24) is 4.90 Å². The first kappa shape index (κ1) is 9.97. The van der Waals surface area contributed by atoms with Crippen molar-refractivity contribution >= 4 is 5.91 Å². The minimum absolute atomic E-state index is 0.0145. The van der Waals surface area contributed by atoms with Gasteiger partial charge in [-0.2, -0.15) is 0 Å². The Hall–Kier alpha value is -0.570. The molecule has 0 aromatic carbocycles. The van der Waals surface area contributed by atoms with Crippen molar-refractivity contribution in [3.8, 4) is 0 Å². The van der Waals surface area contributed by atoms with Gasteiger partial charge in [0.2, 0.25) is 0 Å². The highest BCUT2D eigenvalue weighted by atomic mass is 16.3. The van der Waals surface area contributed by atoms with E-state index in [1.54, 1.807) is 0 Å². The maximum atomic E-state index is 12.0. The fourth-order valence-corrected chi connectivity index (χ4v) is 2.59. The van der Waals surface area contributed by atoms with E-state index in [2.05, 4.69) is 6.92 Å². The molecule has 0 unspecified atom stereocenters. The molecule has 2 rings (SSSR count). The van der Waals surface area contributed by atoms with Gasteiger partial charge < -0.3 is 10.0 Å². The molecular formula is C11H19NO2. The lowest BCUT2D eigenvalue weighted by atomic mass is 10.0. The van der Waals surface area contributed by atoms with Crippen LogP contribution in [0.1, 0.15) is 39.0 Å². The third-order valence-electron chi connectivity index (χ3n) is 3.54. The van der Waals surface area contributed by atoms with Crippen molar-refractivity contribution in [1.29, 1.82) is 0 Å². The number of rotatable bonds is 1. The highest BCUT2D eigenvalue weighted by Gasteiger charge is 2.42. The molecule has 2 fully saturated rings. The molecule has 2 aliphatic rings. The van der Waals surface area contributed by atoms with Gasteiger partial charge in [-0.05, 0) is 38.0 Å². The Morgan fingerprint density at radius 2 is 2.07 bits per heavy atom. The van der Waals surface area contributed by atoms with Crippen LogP contribution in [0.3, 0.4) is 0 Å². The van der Waals surface area contributed by atoms with Crippen molar-refractivity contribution in [2.45, 2.75) is 44.6 Å². The number of hydrogen-bond donors (Lipinski definition) is 1. The molecule has 0 radical (unpaired) electrons. The van der Waals surface area contributed by atoms with Crippen LogP contribution in [0.4, 0.5) is 0 Å². The van der Waals surface area contributed by atoms with Crippen LogP contribution < -0.4 is 0 Å². The Kier molecular flexibility index (Phi) is 2.52. The highest BCUT2D eigenvalue weighted by molar-refractivity contribution is 5.85. The van der Waals surface area contributed by atoms with Crippen LogP contribution in [0.25, 0.3) is 0 Å². The van der Waals surface area contributed by atoms with Gasteiger partial charge in [0.1, 0.15) is 5.60 Å². The van der Waals surface area contributed by atoms with Gasteiger partial charge in [-0.25, -0.2) is 0 Å². The lowest BCUT2D eigenvalue weighted by Crippen LogP contribution is -2.46. The molecule has 1 aliphatic heterocycles. The number of aliphatic hydroxyl groups is 1. The summed E-state index contributed by atoms with van der Waals surface area (Å²) in [6.07, 6.45) is 4.40. The van der Waals surface area contributed by atoms with Gasteiger partial charge in [0.25, 0.3) is 5.91 Å². The summed E-state index contributed by atoms with van der Waals surface area (Å²) in [5.74, 6) is 0.586. The Morgan fingerprint density at radius 3 is 2.57 bits per heavy atom. The quantitative estimate of drug-likeness (QED) is 0.685. The van der Waals surface area contributed by atoms with Crippen molar-refractivity contribution in [3.63, 3.8) is 0 Å². The number of hydrogen-bond acceptors (Lipinski definition) is 2. The molecule has 1 saturated carbocycles. The van der Waals surface area contributed by atoms with Crippen molar-refractivity contribution in [2.24, 2.45) is 5.92 Å². The molecule has 1 N–H and O–H groups in total. The minimum Gasteiger partial charge on any atom is -0.380 e. The second-order valence-corrected chi connectivity index (χ2v) is 4.88. The predicted octanol–water partition coefficient (Wildman–Crippen LogP) is 1.16. The van der Waals surface area contributed by atoms with E-state index >= 15 is 0 Å². The van der Waals surface area contributed by atoms with Gasteiger partial charge in [0.05, 0.1) is 0 Å². The van der Waals surface area contributed by atoms with Crippen LogP contribution in [-0.2, 0) is 4.79 Å². The maximum absolute atomic E-state index is 12.0. The van der Waals surface area contributed by atoms with Gasteiger partial charge in [0, 0.05) is 13.1 Å². The Labute approximate surface area is 85.1 Å². The van der Waals surface area contributed by atoms with Crippen LogP contribution in [0.5, 0.6) is 0 Å². The standard InChI is InChI=1S/C11H19NO2/c1-9-4-7-12(8-9)10(13)11(14)5-2-3-6-11/h9,14H,2-8H2,1H3/t9-/m0/s1. The molecule has 1 atom stereocenters. The third kappa shape index (κ3) is 1.65. The summed E-state index contributed by atoms with van der Waals surface area (Å²) in [6.45, 7) is 3.83. The number of likely N-dealkylation sites (tertiary alicyclic amines) is 1. The zero-order valence-corrected chi connectivity index (χ0v) is 8.83. The first-order chi connectivity index (χ1) is 6.62. The summed E-state index contributed by atoms with van der Waals surface area (Å²) < 4.78 is 0. The molecule has 1 heterocycles. The molecule has 1 amide bonds. The Bertz CT molecular complexity index is 233. The number of nitrogens with zero attached hydrogens (tertiary/aromatic N) is 1. The largest absolute Gasteiger partial charge is 0.380 e. The fourth-order valence-electron chi connectivity index (χ4n) is 2.59. The van der Waals surface area contributed by atoms with E-state index in [1.807, 2.05) is 4.90 Å². The van der Waals surface area contributed by atoms with Crippen molar-refractivity contribution < 1.29 is 9.90 Å². The molecule has 1 saturated heterocycles.